The average molecular weight is 485 g/mol. The Labute approximate surface area is 217 Å². The van der Waals surface area contributed by atoms with Crippen LogP contribution in [0.5, 0.6) is 0 Å². The third kappa shape index (κ3) is 1.86. The van der Waals surface area contributed by atoms with Crippen molar-refractivity contribution < 1.29 is 4.48 Å². The summed E-state index contributed by atoms with van der Waals surface area (Å²) in [5.41, 5.74) is 9.93. The number of hydrogen-bond donors (Lipinski definition) is 0. The van der Waals surface area contributed by atoms with Gasteiger partial charge in [0.25, 0.3) is 0 Å². The molecule has 0 unspecified atom stereocenters. The monoisotopic (exact) mass is 485 g/mol. The lowest BCUT2D eigenvalue weighted by atomic mass is 9.65. The van der Waals surface area contributed by atoms with Crippen molar-refractivity contribution in [2.75, 3.05) is 0 Å². The first kappa shape index (κ1) is 19.1. The summed E-state index contributed by atoms with van der Waals surface area (Å²) in [6, 6.07) is 38.0. The highest BCUT2D eigenvalue weighted by atomic mass is 15.4. The molecule has 6 heterocycles. The van der Waals surface area contributed by atoms with Crippen LogP contribution in [0.25, 0.3) is 66.1 Å². The number of benzene rings is 4. The minimum Gasteiger partial charge on any atom is -0.411 e. The molecule has 0 aliphatic carbocycles. The predicted octanol–water partition coefficient (Wildman–Crippen LogP) is 6.28. The van der Waals surface area contributed by atoms with E-state index in [4.69, 9.17) is 0 Å². The van der Waals surface area contributed by atoms with Crippen LogP contribution in [-0.2, 0) is 0 Å². The molecule has 10 rings (SSSR count). The summed E-state index contributed by atoms with van der Waals surface area (Å²) in [7, 11) is 0. The standard InChI is InChI=1S/C32H20BN5/c1-3-14-27-21(8-1)23-10-5-12-25-29-16-7-17-30-26-13-6-11-24-22-9-2-4-15-28(22)38(32(24)26)33(36(29)30,37(27)31(23)25)35-19-18-34-20-35/h1-20H. The number of hydrogen-bond acceptors (Lipinski definition) is 1. The van der Waals surface area contributed by atoms with E-state index in [2.05, 4.69) is 132 Å². The molecule has 8 aromatic rings. The van der Waals surface area contributed by atoms with Crippen molar-refractivity contribution in [3.8, 4) is 22.5 Å². The van der Waals surface area contributed by atoms with E-state index in [1.165, 1.54) is 66.1 Å². The first-order valence-corrected chi connectivity index (χ1v) is 13.1. The van der Waals surface area contributed by atoms with Gasteiger partial charge in [0.1, 0.15) is 0 Å². The molecule has 0 amide bonds. The van der Waals surface area contributed by atoms with Gasteiger partial charge in [0.05, 0.1) is 17.5 Å². The topological polar surface area (TPSA) is 31.6 Å². The summed E-state index contributed by atoms with van der Waals surface area (Å²) >= 11 is 0. The number of para-hydroxylation sites is 4. The first-order chi connectivity index (χ1) is 18.9. The molecule has 176 valence electrons. The Balaban J connectivity index is 1.62. The third-order valence-corrected chi connectivity index (χ3v) is 9.00. The quantitative estimate of drug-likeness (QED) is 0.252. The van der Waals surface area contributed by atoms with Gasteiger partial charge in [0.2, 0.25) is 0 Å². The summed E-state index contributed by atoms with van der Waals surface area (Å²) in [6.45, 7) is -1.83. The maximum Gasteiger partial charge on any atom is 0.599 e. The van der Waals surface area contributed by atoms with E-state index >= 15 is 0 Å². The summed E-state index contributed by atoms with van der Waals surface area (Å²) in [4.78, 5) is 4.62. The second kappa shape index (κ2) is 6.24. The zero-order valence-electron chi connectivity index (χ0n) is 20.4. The fourth-order valence-corrected chi connectivity index (χ4v) is 7.79. The highest BCUT2D eigenvalue weighted by molar-refractivity contribution is 6.72. The maximum atomic E-state index is 4.62. The minimum absolute atomic E-state index is 1.22. The van der Waals surface area contributed by atoms with E-state index < -0.39 is 6.69 Å². The van der Waals surface area contributed by atoms with Gasteiger partial charge in [-0.15, -0.1) is 0 Å². The molecule has 2 aliphatic rings. The number of pyridine rings is 1. The molecule has 0 N–H and O–H groups in total. The molecular weight excluding hydrogens is 465 g/mol. The minimum atomic E-state index is -1.83. The van der Waals surface area contributed by atoms with Gasteiger partial charge in [0, 0.05) is 61.9 Å². The SMILES string of the molecule is c1cc2[n+]3c(c1)-c1cccc4c5ccccc5n(c14)[B-]3(n1ccnc1)n1c3ccccc3c3cccc-2c31. The van der Waals surface area contributed by atoms with Gasteiger partial charge in [-0.2, -0.15) is 0 Å². The van der Waals surface area contributed by atoms with Gasteiger partial charge < -0.3 is 17.9 Å². The summed E-state index contributed by atoms with van der Waals surface area (Å²) in [5.74, 6) is 0. The Morgan fingerprint density at radius 3 is 1.63 bits per heavy atom. The Morgan fingerprint density at radius 1 is 0.553 bits per heavy atom. The molecule has 5 nitrogen and oxygen atoms in total. The molecule has 0 fully saturated rings. The van der Waals surface area contributed by atoms with E-state index in [1.807, 2.05) is 12.5 Å². The molecule has 0 bridgehead atoms. The largest absolute Gasteiger partial charge is 0.599 e. The van der Waals surface area contributed by atoms with Crippen molar-refractivity contribution in [1.82, 2.24) is 18.4 Å². The maximum absolute atomic E-state index is 4.62. The number of imidazole rings is 1. The van der Waals surface area contributed by atoms with E-state index in [9.17, 15) is 0 Å². The lowest BCUT2D eigenvalue weighted by molar-refractivity contribution is -0.533. The molecule has 0 atom stereocenters. The highest BCUT2D eigenvalue weighted by Gasteiger charge is 2.56. The van der Waals surface area contributed by atoms with Crippen molar-refractivity contribution in [2.45, 2.75) is 0 Å². The van der Waals surface area contributed by atoms with Crippen molar-refractivity contribution in [3.05, 3.63) is 122 Å². The summed E-state index contributed by atoms with van der Waals surface area (Å²) in [6.07, 6.45) is 6.04. The Kier molecular flexibility index (Phi) is 3.13. The molecule has 2 aliphatic heterocycles. The van der Waals surface area contributed by atoms with Crippen molar-refractivity contribution in [2.24, 2.45) is 0 Å². The van der Waals surface area contributed by atoms with Crippen LogP contribution in [0.3, 0.4) is 0 Å². The Hall–Kier alpha value is -5.10. The fourth-order valence-electron chi connectivity index (χ4n) is 7.79. The molecule has 38 heavy (non-hydrogen) atoms. The van der Waals surface area contributed by atoms with Crippen LogP contribution in [0.2, 0.25) is 0 Å². The van der Waals surface area contributed by atoms with Crippen LogP contribution < -0.4 is 4.48 Å². The second-order valence-electron chi connectivity index (χ2n) is 10.5. The molecule has 4 aromatic heterocycles. The number of rotatable bonds is 1. The van der Waals surface area contributed by atoms with Crippen LogP contribution >= 0.6 is 0 Å². The fraction of sp³-hybridized carbons (Fsp3) is 0. The van der Waals surface area contributed by atoms with E-state index in [-0.39, 0.29) is 0 Å². The molecule has 0 saturated heterocycles. The van der Waals surface area contributed by atoms with E-state index in [0.29, 0.717) is 0 Å². The smallest absolute Gasteiger partial charge is 0.411 e. The van der Waals surface area contributed by atoms with Gasteiger partial charge in [-0.3, -0.25) is 0 Å². The van der Waals surface area contributed by atoms with Gasteiger partial charge in [0.15, 0.2) is 11.4 Å². The number of aromatic nitrogens is 5. The van der Waals surface area contributed by atoms with Crippen LogP contribution in [0.1, 0.15) is 0 Å². The molecule has 0 radical (unpaired) electrons. The summed E-state index contributed by atoms with van der Waals surface area (Å²) in [5, 5.41) is 5.10. The van der Waals surface area contributed by atoms with E-state index in [1.54, 1.807) is 0 Å². The van der Waals surface area contributed by atoms with Crippen LogP contribution in [-0.4, -0.2) is 25.1 Å². The number of nitrogens with zero attached hydrogens (tertiary/aromatic N) is 5. The number of fused-ring (bicyclic) bond motifs is 10. The van der Waals surface area contributed by atoms with Crippen LogP contribution in [0.4, 0.5) is 0 Å². The molecule has 0 spiro atoms. The van der Waals surface area contributed by atoms with Gasteiger partial charge in [-0.1, -0.05) is 60.7 Å². The molecular formula is C32H20BN5. The average Bonchev–Trinajstić information content (AvgIpc) is 3.71. The van der Waals surface area contributed by atoms with Crippen LogP contribution in [0, 0.1) is 0 Å². The van der Waals surface area contributed by atoms with E-state index in [0.717, 1.165) is 0 Å². The Morgan fingerprint density at radius 2 is 1.08 bits per heavy atom. The first-order valence-electron chi connectivity index (χ1n) is 13.1. The van der Waals surface area contributed by atoms with Gasteiger partial charge in [-0.05, 0) is 36.5 Å². The zero-order chi connectivity index (χ0) is 24.6. The van der Waals surface area contributed by atoms with Gasteiger partial charge >= 0.3 is 6.69 Å². The molecule has 6 heteroatoms. The lowest BCUT2D eigenvalue weighted by Gasteiger charge is -2.46. The van der Waals surface area contributed by atoms with Crippen LogP contribution in [0.15, 0.2) is 122 Å². The molecule has 4 aromatic carbocycles. The Bertz CT molecular complexity index is 2160. The van der Waals surface area contributed by atoms with Crippen molar-refractivity contribution in [1.29, 1.82) is 0 Å². The summed E-state index contributed by atoms with van der Waals surface area (Å²) < 4.78 is 10.2. The van der Waals surface area contributed by atoms with Crippen molar-refractivity contribution in [3.63, 3.8) is 0 Å². The zero-order valence-corrected chi connectivity index (χ0v) is 20.4. The lowest BCUT2D eigenvalue weighted by Crippen LogP contribution is -2.81. The van der Waals surface area contributed by atoms with Gasteiger partial charge in [-0.25, -0.2) is 4.98 Å². The molecule has 0 saturated carbocycles. The normalized spacial score (nSPS) is 14.5. The second-order valence-corrected chi connectivity index (χ2v) is 10.5. The predicted molar refractivity (Wildman–Crippen MR) is 153 cm³/mol. The third-order valence-electron chi connectivity index (χ3n) is 9.00. The van der Waals surface area contributed by atoms with Crippen molar-refractivity contribution >= 4 is 50.3 Å². The highest BCUT2D eigenvalue weighted by Crippen LogP contribution is 2.46.